The second-order valence-electron chi connectivity index (χ2n) is 0. The molecule has 0 heterocycles. The first-order chi connectivity index (χ1) is 0. The van der Waals surface area contributed by atoms with E-state index in [1.54, 1.807) is 0 Å². The van der Waals surface area contributed by atoms with Gasteiger partial charge in [0.1, 0.15) is 0 Å². The molecule has 0 aromatic rings. The molecule has 4 heteroatoms. The van der Waals surface area contributed by atoms with Crippen molar-refractivity contribution in [2.24, 2.45) is 0 Å². The molecule has 0 aliphatic heterocycles. The Morgan fingerprint density at radius 1 is 1.00 bits per heavy atom. The van der Waals surface area contributed by atoms with Crippen LogP contribution in [0.1, 0.15) is 0 Å². The third-order valence-electron chi connectivity index (χ3n) is 0. The van der Waals surface area contributed by atoms with Gasteiger partial charge in [-0.3, -0.25) is 0 Å². The summed E-state index contributed by atoms with van der Waals surface area (Å²) >= 11 is 0. The van der Waals surface area contributed by atoms with E-state index in [0.29, 0.717) is 0 Å². The summed E-state index contributed by atoms with van der Waals surface area (Å²) in [6, 6.07) is 0. The van der Waals surface area contributed by atoms with E-state index in [4.69, 9.17) is 0 Å². The Balaban J connectivity index is 0. The van der Waals surface area contributed by atoms with Crippen molar-refractivity contribution in [1.29, 1.82) is 0 Å². The zero-order valence-electron chi connectivity index (χ0n) is 1.71. The maximum absolute atomic E-state index is 0. The van der Waals surface area contributed by atoms with Crippen molar-refractivity contribution in [2.75, 3.05) is 0 Å². The molecule has 0 amide bonds. The van der Waals surface area contributed by atoms with Gasteiger partial charge < -0.3 is 5.48 Å². The molecule has 0 saturated carbocycles. The largest absolute Gasteiger partial charge is 0 e. The average molecular weight is 348 g/mol. The van der Waals surface area contributed by atoms with Gasteiger partial charge in [-0.2, -0.15) is 0 Å². The molecule has 1 nitrogen and oxygen atoms in total. The molecule has 0 aromatic heterocycles. The summed E-state index contributed by atoms with van der Waals surface area (Å²) in [6.07, 6.45) is 0. The first-order valence-electron chi connectivity index (χ1n) is 0. The molecule has 0 unspecified atom stereocenters. The fourth-order valence-corrected chi connectivity index (χ4v) is 0. The minimum Gasteiger partial charge on any atom is 0 e. The van der Waals surface area contributed by atoms with Crippen LogP contribution in [0.2, 0.25) is 0 Å². The third kappa shape index (κ3) is 8.82. The number of hydrogen-bond acceptors (Lipinski definition) is 0. The van der Waals surface area contributed by atoms with Crippen LogP contribution in [-0.2, 0) is 26.2 Å². The van der Waals surface area contributed by atoms with E-state index in [-0.39, 0.29) is 81.4 Å². The fourth-order valence-electron chi connectivity index (χ4n) is 0. The van der Waals surface area contributed by atoms with E-state index < -0.39 is 0 Å². The maximum Gasteiger partial charge on any atom is 0 e. The summed E-state index contributed by atoms with van der Waals surface area (Å²) in [6.45, 7) is 0. The first kappa shape index (κ1) is 31.4. The minimum absolute atomic E-state index is 0. The van der Waals surface area contributed by atoms with E-state index in [0.717, 1.165) is 0 Å². The second kappa shape index (κ2) is 17.8. The molecule has 0 atom stereocenters. The van der Waals surface area contributed by atoms with Crippen molar-refractivity contribution >= 4 is 49.8 Å². The van der Waals surface area contributed by atoms with Crippen molar-refractivity contribution in [1.82, 2.24) is 0 Å². The molecule has 0 spiro atoms. The predicted octanol–water partition coefficient (Wildman–Crippen LogP) is -2.93. The maximum atomic E-state index is 0. The van der Waals surface area contributed by atoms with E-state index in [1.165, 1.54) is 0 Å². The topological polar surface area (TPSA) is 31.5 Å². The molecule has 0 aliphatic carbocycles. The van der Waals surface area contributed by atoms with Gasteiger partial charge in [-0.05, 0) is 0 Å². The SMILES string of the molecule is O.[InH3].[SnH2].[Zr]. The number of hydrogen-bond donors (Lipinski definition) is 0. The fraction of sp³-hybridized carbons (Fsp3) is 0. The van der Waals surface area contributed by atoms with E-state index in [1.807, 2.05) is 0 Å². The summed E-state index contributed by atoms with van der Waals surface area (Å²) in [5, 5.41) is 0. The standard InChI is InChI=1S/In.H2O.Sn.Zr.5H/h;1H2;;;;;;;. The van der Waals surface area contributed by atoms with Gasteiger partial charge in [-0.25, -0.2) is 0 Å². The molecular weight excluding hydrogens is 341 g/mol. The van der Waals surface area contributed by atoms with Crippen LogP contribution in [0.5, 0.6) is 0 Å². The van der Waals surface area contributed by atoms with Gasteiger partial charge in [-0.1, -0.05) is 0 Å². The van der Waals surface area contributed by atoms with Gasteiger partial charge in [0.05, 0.1) is 0 Å². The molecule has 2 N–H and O–H groups in total. The molecule has 24 valence electrons. The van der Waals surface area contributed by atoms with Gasteiger partial charge in [0.15, 0.2) is 0 Å². The molecule has 0 aliphatic rings. The minimum atomic E-state index is 0. The van der Waals surface area contributed by atoms with Crippen LogP contribution < -0.4 is 0 Å². The van der Waals surface area contributed by atoms with Crippen molar-refractivity contribution in [3.63, 3.8) is 0 Å². The Labute approximate surface area is 80.1 Å². The molecule has 0 aromatic carbocycles. The first-order valence-corrected chi connectivity index (χ1v) is 0. The smallest absolute Gasteiger partial charge is 0 e. The Kier molecular flexibility index (Phi) is 139. The van der Waals surface area contributed by atoms with Crippen LogP contribution in [0, 0.1) is 0 Å². The Morgan fingerprint density at radius 3 is 1.00 bits per heavy atom. The van der Waals surface area contributed by atoms with Gasteiger partial charge in [0.2, 0.25) is 0 Å². The van der Waals surface area contributed by atoms with Crippen molar-refractivity contribution < 1.29 is 31.7 Å². The van der Waals surface area contributed by atoms with Crippen LogP contribution >= 0.6 is 0 Å². The molecule has 0 rings (SSSR count). The third-order valence-corrected chi connectivity index (χ3v) is 0. The van der Waals surface area contributed by atoms with Crippen LogP contribution in [0.25, 0.3) is 0 Å². The van der Waals surface area contributed by atoms with Crippen LogP contribution in [0.3, 0.4) is 0 Å². The Hall–Kier alpha value is 2.51. The van der Waals surface area contributed by atoms with Gasteiger partial charge >= 0.3 is 49.8 Å². The molecule has 0 fully saturated rings. The van der Waals surface area contributed by atoms with E-state index in [9.17, 15) is 0 Å². The predicted molar refractivity (Wildman–Crippen MR) is 22.1 cm³/mol. The van der Waals surface area contributed by atoms with Gasteiger partial charge in [0, 0.05) is 26.2 Å². The quantitative estimate of drug-likeness (QED) is 0.420. The van der Waals surface area contributed by atoms with E-state index in [2.05, 4.69) is 0 Å². The number of rotatable bonds is 0. The molecular formula is H7InOSnZr. The normalized spacial score (nSPS) is 0. The zero-order chi connectivity index (χ0) is 0. The van der Waals surface area contributed by atoms with Crippen LogP contribution in [0.15, 0.2) is 0 Å². The Morgan fingerprint density at radius 2 is 1.00 bits per heavy atom. The van der Waals surface area contributed by atoms with E-state index >= 15 is 0 Å². The monoisotopic (exact) mass is 348 g/mol. The molecule has 0 saturated heterocycles. The molecule has 4 heavy (non-hydrogen) atoms. The second-order valence-corrected chi connectivity index (χ2v) is 0. The zero-order valence-corrected chi connectivity index (χ0v) is 8.20. The Bertz CT molecular complexity index is 8.00. The van der Waals surface area contributed by atoms with Crippen LogP contribution in [-0.4, -0.2) is 55.2 Å². The molecule has 2 radical (unpaired) electrons. The average Bonchev–Trinajstić information content (AvgIpc) is 0. The van der Waals surface area contributed by atoms with Crippen molar-refractivity contribution in [3.05, 3.63) is 0 Å². The summed E-state index contributed by atoms with van der Waals surface area (Å²) in [4.78, 5) is 0. The van der Waals surface area contributed by atoms with Crippen LogP contribution in [0.4, 0.5) is 0 Å². The summed E-state index contributed by atoms with van der Waals surface area (Å²) in [5.41, 5.74) is 0. The van der Waals surface area contributed by atoms with Crippen molar-refractivity contribution in [3.8, 4) is 0 Å². The van der Waals surface area contributed by atoms with Gasteiger partial charge in [0.25, 0.3) is 0 Å². The summed E-state index contributed by atoms with van der Waals surface area (Å²) in [5.74, 6) is 0. The molecule has 0 bridgehead atoms. The summed E-state index contributed by atoms with van der Waals surface area (Å²) < 4.78 is 0. The summed E-state index contributed by atoms with van der Waals surface area (Å²) in [7, 11) is 0. The van der Waals surface area contributed by atoms with Crippen molar-refractivity contribution in [2.45, 2.75) is 0 Å². The van der Waals surface area contributed by atoms with Gasteiger partial charge in [-0.15, -0.1) is 0 Å².